The molecule has 6 heteroatoms. The summed E-state index contributed by atoms with van der Waals surface area (Å²) in [4.78, 5) is 23.3. The molecular formula is C14H21ClN2O3. The molecule has 20 heavy (non-hydrogen) atoms. The maximum atomic E-state index is 11.9. The number of carbonyl (C=O) groups is 2. The highest BCUT2D eigenvalue weighted by Crippen LogP contribution is 2.14. The summed E-state index contributed by atoms with van der Waals surface area (Å²) in [6.45, 7) is 3.18. The molecule has 1 atom stereocenters. The Balaban J connectivity index is 0.00000361. The van der Waals surface area contributed by atoms with Gasteiger partial charge in [0.2, 0.25) is 5.91 Å². The van der Waals surface area contributed by atoms with Crippen LogP contribution in [-0.2, 0) is 14.3 Å². The molecule has 0 radical (unpaired) electrons. The number of hydrogen-bond acceptors (Lipinski definition) is 4. The summed E-state index contributed by atoms with van der Waals surface area (Å²) in [5.74, 6) is -0.777. The number of amides is 1. The van der Waals surface area contributed by atoms with Gasteiger partial charge in [-0.3, -0.25) is 4.79 Å². The summed E-state index contributed by atoms with van der Waals surface area (Å²) in [6.07, 6.45) is 0.116. The normalized spacial score (nSPS) is 12.0. The van der Waals surface area contributed by atoms with E-state index >= 15 is 0 Å². The minimum Gasteiger partial charge on any atom is -0.467 e. The largest absolute Gasteiger partial charge is 0.467 e. The van der Waals surface area contributed by atoms with Crippen LogP contribution in [0.3, 0.4) is 0 Å². The van der Waals surface area contributed by atoms with Gasteiger partial charge in [0.15, 0.2) is 0 Å². The molecule has 0 heterocycles. The Labute approximate surface area is 125 Å². The fourth-order valence-electron chi connectivity index (χ4n) is 1.72. The Bertz CT molecular complexity index is 449. The second kappa shape index (κ2) is 7.87. The maximum Gasteiger partial charge on any atom is 0.330 e. The van der Waals surface area contributed by atoms with Gasteiger partial charge in [0.25, 0.3) is 0 Å². The van der Waals surface area contributed by atoms with Crippen LogP contribution in [0, 0.1) is 0 Å². The minimum absolute atomic E-state index is 0. The van der Waals surface area contributed by atoms with Gasteiger partial charge in [-0.15, -0.1) is 12.4 Å². The predicted octanol–water partition coefficient (Wildman–Crippen LogP) is 1.57. The number of methoxy groups -OCH3 is 1. The molecule has 0 aliphatic rings. The number of rotatable bonds is 5. The average Bonchev–Trinajstić information content (AvgIpc) is 2.37. The third-order valence-corrected chi connectivity index (χ3v) is 2.78. The molecular weight excluding hydrogens is 280 g/mol. The number of nitrogens with two attached hydrogens (primary N) is 1. The van der Waals surface area contributed by atoms with Crippen molar-refractivity contribution >= 4 is 24.3 Å². The summed E-state index contributed by atoms with van der Waals surface area (Å²) in [6, 6.07) is 8.95. The van der Waals surface area contributed by atoms with Gasteiger partial charge in [-0.05, 0) is 19.4 Å². The Morgan fingerprint density at radius 2 is 1.85 bits per heavy atom. The van der Waals surface area contributed by atoms with E-state index in [1.807, 2.05) is 30.3 Å². The van der Waals surface area contributed by atoms with Crippen molar-refractivity contribution < 1.29 is 14.3 Å². The van der Waals surface area contributed by atoms with Gasteiger partial charge < -0.3 is 15.8 Å². The number of halogens is 1. The van der Waals surface area contributed by atoms with E-state index in [1.165, 1.54) is 7.11 Å². The highest BCUT2D eigenvalue weighted by atomic mass is 35.5. The summed E-state index contributed by atoms with van der Waals surface area (Å²) in [5, 5.41) is 2.61. The zero-order chi connectivity index (χ0) is 14.5. The molecule has 0 aromatic heterocycles. The molecule has 1 amide bonds. The monoisotopic (exact) mass is 300 g/mol. The summed E-state index contributed by atoms with van der Waals surface area (Å²) < 4.78 is 4.62. The van der Waals surface area contributed by atoms with Crippen LogP contribution in [0.2, 0.25) is 0 Å². The number of carbonyl (C=O) groups excluding carboxylic acids is 2. The van der Waals surface area contributed by atoms with Gasteiger partial charge >= 0.3 is 5.97 Å². The van der Waals surface area contributed by atoms with Gasteiger partial charge in [-0.1, -0.05) is 30.3 Å². The lowest BCUT2D eigenvalue weighted by Crippen LogP contribution is -2.50. The average molecular weight is 301 g/mol. The van der Waals surface area contributed by atoms with Crippen molar-refractivity contribution in [3.8, 4) is 0 Å². The van der Waals surface area contributed by atoms with Crippen LogP contribution in [-0.4, -0.2) is 24.5 Å². The Morgan fingerprint density at radius 1 is 1.30 bits per heavy atom. The quantitative estimate of drug-likeness (QED) is 0.809. The van der Waals surface area contributed by atoms with Crippen molar-refractivity contribution in [1.82, 2.24) is 5.32 Å². The molecule has 1 unspecified atom stereocenters. The number of benzene rings is 1. The molecule has 0 saturated carbocycles. The second-order valence-corrected chi connectivity index (χ2v) is 4.89. The van der Waals surface area contributed by atoms with Crippen LogP contribution in [0.1, 0.15) is 31.9 Å². The van der Waals surface area contributed by atoms with E-state index in [0.717, 1.165) is 5.56 Å². The van der Waals surface area contributed by atoms with Crippen LogP contribution >= 0.6 is 12.4 Å². The minimum atomic E-state index is -1.05. The van der Waals surface area contributed by atoms with Crippen LogP contribution in [0.25, 0.3) is 0 Å². The second-order valence-electron chi connectivity index (χ2n) is 4.89. The fourth-order valence-corrected chi connectivity index (χ4v) is 1.72. The molecule has 1 rings (SSSR count). The van der Waals surface area contributed by atoms with E-state index in [4.69, 9.17) is 5.73 Å². The third-order valence-electron chi connectivity index (χ3n) is 2.78. The van der Waals surface area contributed by atoms with Gasteiger partial charge in [-0.25, -0.2) is 4.79 Å². The summed E-state index contributed by atoms with van der Waals surface area (Å²) >= 11 is 0. The summed E-state index contributed by atoms with van der Waals surface area (Å²) in [7, 11) is 1.28. The standard InChI is InChI=1S/C14H20N2O3.ClH/c1-14(2,13(18)19-3)16-12(17)9-11(15)10-7-5-4-6-8-10;/h4-8,11H,9,15H2,1-3H3,(H,16,17);1H. The maximum absolute atomic E-state index is 11.9. The molecule has 3 N–H and O–H groups in total. The first-order chi connectivity index (χ1) is 8.86. The highest BCUT2D eigenvalue weighted by Gasteiger charge is 2.30. The molecule has 0 fully saturated rings. The first-order valence-corrected chi connectivity index (χ1v) is 6.07. The lowest BCUT2D eigenvalue weighted by Gasteiger charge is -2.24. The van der Waals surface area contributed by atoms with Crippen LogP contribution < -0.4 is 11.1 Å². The number of hydrogen-bond donors (Lipinski definition) is 2. The van der Waals surface area contributed by atoms with E-state index in [1.54, 1.807) is 13.8 Å². The Morgan fingerprint density at radius 3 is 2.35 bits per heavy atom. The van der Waals surface area contributed by atoms with Crippen molar-refractivity contribution in [3.63, 3.8) is 0 Å². The first-order valence-electron chi connectivity index (χ1n) is 6.07. The fraction of sp³-hybridized carbons (Fsp3) is 0.429. The van der Waals surface area contributed by atoms with E-state index in [-0.39, 0.29) is 24.7 Å². The molecule has 0 aliphatic carbocycles. The zero-order valence-electron chi connectivity index (χ0n) is 11.9. The molecule has 0 spiro atoms. The van der Waals surface area contributed by atoms with Crippen molar-refractivity contribution in [3.05, 3.63) is 35.9 Å². The van der Waals surface area contributed by atoms with Crippen molar-refractivity contribution in [1.29, 1.82) is 0 Å². The number of ether oxygens (including phenoxy) is 1. The van der Waals surface area contributed by atoms with E-state index in [0.29, 0.717) is 0 Å². The van der Waals surface area contributed by atoms with Crippen molar-refractivity contribution in [2.45, 2.75) is 31.8 Å². The number of nitrogens with one attached hydrogen (secondary N) is 1. The van der Waals surface area contributed by atoms with Gasteiger partial charge in [0.05, 0.1) is 7.11 Å². The van der Waals surface area contributed by atoms with E-state index in [2.05, 4.69) is 10.1 Å². The molecule has 5 nitrogen and oxygen atoms in total. The van der Waals surface area contributed by atoms with Crippen molar-refractivity contribution in [2.24, 2.45) is 5.73 Å². The highest BCUT2D eigenvalue weighted by molar-refractivity contribution is 5.87. The van der Waals surface area contributed by atoms with Gasteiger partial charge in [-0.2, -0.15) is 0 Å². The predicted molar refractivity (Wildman–Crippen MR) is 79.5 cm³/mol. The van der Waals surface area contributed by atoms with Crippen LogP contribution in [0.4, 0.5) is 0 Å². The molecule has 0 aliphatic heterocycles. The Kier molecular flexibility index (Phi) is 7.24. The molecule has 0 saturated heterocycles. The number of esters is 1. The zero-order valence-corrected chi connectivity index (χ0v) is 12.7. The van der Waals surface area contributed by atoms with Crippen LogP contribution in [0.15, 0.2) is 30.3 Å². The lowest BCUT2D eigenvalue weighted by atomic mass is 10.0. The summed E-state index contributed by atoms with van der Waals surface area (Å²) in [5.41, 5.74) is 5.78. The lowest BCUT2D eigenvalue weighted by molar-refractivity contribution is -0.149. The molecule has 1 aromatic carbocycles. The molecule has 1 aromatic rings. The van der Waals surface area contributed by atoms with Gasteiger partial charge in [0, 0.05) is 12.5 Å². The first kappa shape index (κ1) is 18.4. The van der Waals surface area contributed by atoms with E-state index < -0.39 is 17.6 Å². The third kappa shape index (κ3) is 5.19. The smallest absolute Gasteiger partial charge is 0.330 e. The van der Waals surface area contributed by atoms with Crippen molar-refractivity contribution in [2.75, 3.05) is 7.11 Å². The Hall–Kier alpha value is -1.59. The van der Waals surface area contributed by atoms with Gasteiger partial charge in [0.1, 0.15) is 5.54 Å². The molecule has 112 valence electrons. The van der Waals surface area contributed by atoms with E-state index in [9.17, 15) is 9.59 Å². The SMILES string of the molecule is COC(=O)C(C)(C)NC(=O)CC(N)c1ccccc1.Cl. The molecule has 0 bridgehead atoms. The topological polar surface area (TPSA) is 81.4 Å². The van der Waals surface area contributed by atoms with Crippen LogP contribution in [0.5, 0.6) is 0 Å².